The van der Waals surface area contributed by atoms with Crippen LogP contribution in [0.5, 0.6) is 0 Å². The molecule has 78 valence electrons. The first-order valence-electron chi connectivity index (χ1n) is 4.45. The Bertz CT molecular complexity index is 270. The number of nitrogens with zero attached hydrogens (tertiary/aromatic N) is 1. The van der Waals surface area contributed by atoms with Gasteiger partial charge in [-0.2, -0.15) is 5.26 Å². The van der Waals surface area contributed by atoms with Gasteiger partial charge >= 0.3 is 5.97 Å². The van der Waals surface area contributed by atoms with Crippen LogP contribution in [-0.2, 0) is 14.3 Å². The van der Waals surface area contributed by atoms with E-state index in [1.54, 1.807) is 33.8 Å². The molecule has 0 aliphatic heterocycles. The monoisotopic (exact) mass is 197 g/mol. The van der Waals surface area contributed by atoms with Crippen LogP contribution in [-0.4, -0.2) is 18.4 Å². The van der Waals surface area contributed by atoms with E-state index in [4.69, 9.17) is 5.26 Å². The SMILES string of the molecule is CCOC(=O)C(C#N)C(=O)C(C)(C)C. The number of Topliss-reactive ketones (excluding diaryl/α,β-unsaturated/α-hetero) is 1. The van der Waals surface area contributed by atoms with Crippen LogP contribution in [0, 0.1) is 22.7 Å². The molecule has 0 radical (unpaired) electrons. The average molecular weight is 197 g/mol. The lowest BCUT2D eigenvalue weighted by Gasteiger charge is -2.18. The number of ketones is 1. The van der Waals surface area contributed by atoms with Crippen molar-refractivity contribution >= 4 is 11.8 Å². The fourth-order valence-electron chi connectivity index (χ4n) is 0.877. The van der Waals surface area contributed by atoms with E-state index in [1.807, 2.05) is 0 Å². The molecule has 0 bridgehead atoms. The Morgan fingerprint density at radius 3 is 2.21 bits per heavy atom. The van der Waals surface area contributed by atoms with Crippen molar-refractivity contribution in [2.45, 2.75) is 27.7 Å². The van der Waals surface area contributed by atoms with Gasteiger partial charge in [-0.1, -0.05) is 20.8 Å². The maximum atomic E-state index is 11.6. The van der Waals surface area contributed by atoms with Crippen molar-refractivity contribution in [1.29, 1.82) is 5.26 Å². The molecule has 4 heteroatoms. The second kappa shape index (κ2) is 4.75. The number of esters is 1. The van der Waals surface area contributed by atoms with E-state index in [2.05, 4.69) is 4.74 Å². The predicted molar refractivity (Wildman–Crippen MR) is 50.2 cm³/mol. The molecule has 0 saturated carbocycles. The first-order chi connectivity index (χ1) is 6.34. The maximum Gasteiger partial charge on any atom is 0.331 e. The van der Waals surface area contributed by atoms with Crippen LogP contribution >= 0.6 is 0 Å². The van der Waals surface area contributed by atoms with Gasteiger partial charge in [-0.15, -0.1) is 0 Å². The van der Waals surface area contributed by atoms with Crippen molar-refractivity contribution in [2.75, 3.05) is 6.61 Å². The second-order valence-electron chi connectivity index (χ2n) is 3.93. The molecule has 0 aromatic carbocycles. The van der Waals surface area contributed by atoms with E-state index >= 15 is 0 Å². The van der Waals surface area contributed by atoms with Crippen molar-refractivity contribution in [3.05, 3.63) is 0 Å². The molecular formula is C10H15NO3. The van der Waals surface area contributed by atoms with Gasteiger partial charge in [0, 0.05) is 5.41 Å². The van der Waals surface area contributed by atoms with Crippen LogP contribution < -0.4 is 0 Å². The van der Waals surface area contributed by atoms with E-state index in [-0.39, 0.29) is 6.61 Å². The highest BCUT2D eigenvalue weighted by molar-refractivity contribution is 6.03. The first-order valence-corrected chi connectivity index (χ1v) is 4.45. The molecule has 14 heavy (non-hydrogen) atoms. The highest BCUT2D eigenvalue weighted by Gasteiger charge is 2.35. The standard InChI is InChI=1S/C10H15NO3/c1-5-14-9(13)7(6-11)8(12)10(2,3)4/h7H,5H2,1-4H3. The Hall–Kier alpha value is -1.37. The van der Waals surface area contributed by atoms with Gasteiger partial charge in [0.2, 0.25) is 5.92 Å². The first kappa shape index (κ1) is 12.6. The Labute approximate surface area is 83.9 Å². The number of nitriles is 1. The zero-order valence-electron chi connectivity index (χ0n) is 8.96. The van der Waals surface area contributed by atoms with Crippen LogP contribution in [0.15, 0.2) is 0 Å². The Kier molecular flexibility index (Phi) is 4.29. The fraction of sp³-hybridized carbons (Fsp3) is 0.700. The van der Waals surface area contributed by atoms with Crippen molar-refractivity contribution in [1.82, 2.24) is 0 Å². The van der Waals surface area contributed by atoms with Crippen molar-refractivity contribution in [3.63, 3.8) is 0 Å². The summed E-state index contributed by atoms with van der Waals surface area (Å²) < 4.78 is 4.63. The number of hydrogen-bond acceptors (Lipinski definition) is 4. The lowest BCUT2D eigenvalue weighted by atomic mass is 9.83. The van der Waals surface area contributed by atoms with Gasteiger partial charge in [0.25, 0.3) is 0 Å². The van der Waals surface area contributed by atoms with E-state index < -0.39 is 23.1 Å². The van der Waals surface area contributed by atoms with Gasteiger partial charge in [0.05, 0.1) is 12.7 Å². The molecule has 0 amide bonds. The van der Waals surface area contributed by atoms with Crippen LogP contribution in [0.1, 0.15) is 27.7 Å². The van der Waals surface area contributed by atoms with E-state index in [0.29, 0.717) is 0 Å². The lowest BCUT2D eigenvalue weighted by Crippen LogP contribution is -2.33. The molecular weight excluding hydrogens is 182 g/mol. The third kappa shape index (κ3) is 3.17. The number of carbonyl (C=O) groups excluding carboxylic acids is 2. The molecule has 4 nitrogen and oxygen atoms in total. The van der Waals surface area contributed by atoms with Gasteiger partial charge in [-0.3, -0.25) is 9.59 Å². The number of carbonyl (C=O) groups is 2. The summed E-state index contributed by atoms with van der Waals surface area (Å²) in [6.07, 6.45) is 0. The number of ether oxygens (including phenoxy) is 1. The minimum absolute atomic E-state index is 0.175. The van der Waals surface area contributed by atoms with Gasteiger partial charge in [0.15, 0.2) is 5.78 Å². The normalized spacial score (nSPS) is 12.8. The minimum atomic E-state index is -1.30. The highest BCUT2D eigenvalue weighted by atomic mass is 16.5. The zero-order valence-corrected chi connectivity index (χ0v) is 8.96. The third-order valence-corrected chi connectivity index (χ3v) is 1.65. The van der Waals surface area contributed by atoms with E-state index in [1.165, 1.54) is 0 Å². The molecule has 1 atom stereocenters. The third-order valence-electron chi connectivity index (χ3n) is 1.65. The number of rotatable bonds is 3. The van der Waals surface area contributed by atoms with Gasteiger partial charge in [-0.05, 0) is 6.92 Å². The summed E-state index contributed by atoms with van der Waals surface area (Å²) in [5.74, 6) is -2.46. The van der Waals surface area contributed by atoms with Crippen molar-refractivity contribution in [3.8, 4) is 6.07 Å². The molecule has 0 saturated heterocycles. The van der Waals surface area contributed by atoms with Crippen molar-refractivity contribution in [2.24, 2.45) is 11.3 Å². The van der Waals surface area contributed by atoms with E-state index in [0.717, 1.165) is 0 Å². The topological polar surface area (TPSA) is 67.2 Å². The summed E-state index contributed by atoms with van der Waals surface area (Å²) in [6, 6.07) is 1.67. The smallest absolute Gasteiger partial charge is 0.331 e. The second-order valence-corrected chi connectivity index (χ2v) is 3.93. The van der Waals surface area contributed by atoms with Crippen LogP contribution in [0.25, 0.3) is 0 Å². The molecule has 0 heterocycles. The predicted octanol–water partition coefficient (Wildman–Crippen LogP) is 1.30. The molecule has 0 aliphatic rings. The summed E-state index contributed by atoms with van der Waals surface area (Å²) in [4.78, 5) is 22.8. The van der Waals surface area contributed by atoms with Crippen LogP contribution in [0.3, 0.4) is 0 Å². The largest absolute Gasteiger partial charge is 0.465 e. The van der Waals surface area contributed by atoms with Gasteiger partial charge in [0.1, 0.15) is 0 Å². The molecule has 0 aromatic heterocycles. The minimum Gasteiger partial charge on any atom is -0.465 e. The highest BCUT2D eigenvalue weighted by Crippen LogP contribution is 2.20. The zero-order chi connectivity index (χ0) is 11.4. The van der Waals surface area contributed by atoms with Gasteiger partial charge in [-0.25, -0.2) is 0 Å². The molecule has 0 fully saturated rings. The number of hydrogen-bond donors (Lipinski definition) is 0. The summed E-state index contributed by atoms with van der Waals surface area (Å²) in [6.45, 7) is 6.80. The summed E-state index contributed by atoms with van der Waals surface area (Å²) in [7, 11) is 0. The molecule has 0 N–H and O–H groups in total. The molecule has 0 aliphatic carbocycles. The van der Waals surface area contributed by atoms with E-state index in [9.17, 15) is 9.59 Å². The Balaban J connectivity index is 4.68. The summed E-state index contributed by atoms with van der Waals surface area (Å²) in [5, 5.41) is 8.69. The summed E-state index contributed by atoms with van der Waals surface area (Å²) in [5.41, 5.74) is -0.701. The Morgan fingerprint density at radius 1 is 1.43 bits per heavy atom. The van der Waals surface area contributed by atoms with Crippen LogP contribution in [0.2, 0.25) is 0 Å². The van der Waals surface area contributed by atoms with Crippen molar-refractivity contribution < 1.29 is 14.3 Å². The molecule has 1 unspecified atom stereocenters. The van der Waals surface area contributed by atoms with Gasteiger partial charge < -0.3 is 4.74 Å². The lowest BCUT2D eigenvalue weighted by molar-refractivity contribution is -0.151. The molecule has 0 aromatic rings. The Morgan fingerprint density at radius 2 is 1.93 bits per heavy atom. The van der Waals surface area contributed by atoms with Crippen LogP contribution in [0.4, 0.5) is 0 Å². The molecule has 0 spiro atoms. The fourth-order valence-corrected chi connectivity index (χ4v) is 0.877. The summed E-state index contributed by atoms with van der Waals surface area (Å²) >= 11 is 0. The maximum absolute atomic E-state index is 11.6. The molecule has 0 rings (SSSR count). The average Bonchev–Trinajstić information content (AvgIpc) is 2.04. The quantitative estimate of drug-likeness (QED) is 0.505.